The molecule has 1 unspecified atom stereocenters. The second-order valence-corrected chi connectivity index (χ2v) is 10.2. The Balaban J connectivity index is 1.31. The molecule has 214 valence electrons. The van der Waals surface area contributed by atoms with Crippen LogP contribution in [0, 0.1) is 6.92 Å². The van der Waals surface area contributed by atoms with E-state index in [0.717, 1.165) is 32.1 Å². The van der Waals surface area contributed by atoms with Gasteiger partial charge in [-0.1, -0.05) is 24.2 Å². The first-order valence-electron chi connectivity index (χ1n) is 13.4. The number of hydrogen-bond acceptors (Lipinski definition) is 8. The lowest BCUT2D eigenvalue weighted by atomic mass is 10.0. The number of carboxylic acid groups (broad SMARTS) is 1. The normalized spacial score (nSPS) is 19.3. The zero-order valence-electron chi connectivity index (χ0n) is 22.3. The number of aromatic carboxylic acids is 1. The fraction of sp³-hybridized carbons (Fsp3) is 0.500. The highest BCUT2D eigenvalue weighted by Gasteiger charge is 2.37. The van der Waals surface area contributed by atoms with Gasteiger partial charge in [-0.2, -0.15) is 0 Å². The van der Waals surface area contributed by atoms with Crippen LogP contribution < -0.4 is 9.64 Å². The number of benzene rings is 1. The van der Waals surface area contributed by atoms with Gasteiger partial charge >= 0.3 is 12.3 Å². The quantitative estimate of drug-likeness (QED) is 0.271. The van der Waals surface area contributed by atoms with Gasteiger partial charge in [-0.15, -0.1) is 13.2 Å². The fourth-order valence-electron chi connectivity index (χ4n) is 5.36. The van der Waals surface area contributed by atoms with E-state index in [4.69, 9.17) is 9.26 Å². The lowest BCUT2D eigenvalue weighted by molar-refractivity contribution is -0.274. The van der Waals surface area contributed by atoms with Crippen LogP contribution in [0.2, 0.25) is 0 Å². The number of aryl methyl sites for hydroxylation is 1. The van der Waals surface area contributed by atoms with E-state index in [2.05, 4.69) is 31.7 Å². The first-order chi connectivity index (χ1) is 19.1. The Morgan fingerprint density at radius 1 is 1.15 bits per heavy atom. The van der Waals surface area contributed by atoms with Crippen LogP contribution in [-0.2, 0) is 11.3 Å². The maximum Gasteiger partial charge on any atom is 0.573 e. The summed E-state index contributed by atoms with van der Waals surface area (Å²) in [6.45, 7) is 4.32. The van der Waals surface area contributed by atoms with E-state index in [-0.39, 0.29) is 47.3 Å². The molecule has 1 aromatic carbocycles. The molecule has 0 amide bonds. The van der Waals surface area contributed by atoms with Gasteiger partial charge in [-0.25, -0.2) is 14.8 Å². The first-order valence-corrected chi connectivity index (χ1v) is 13.4. The smallest absolute Gasteiger partial charge is 0.477 e. The molecule has 9 nitrogen and oxygen atoms in total. The molecule has 2 fully saturated rings. The van der Waals surface area contributed by atoms with Crippen molar-refractivity contribution in [2.75, 3.05) is 11.5 Å². The van der Waals surface area contributed by atoms with Gasteiger partial charge in [0, 0.05) is 41.4 Å². The number of aromatic nitrogens is 3. The summed E-state index contributed by atoms with van der Waals surface area (Å²) in [4.78, 5) is 22.5. The Kier molecular flexibility index (Phi) is 7.97. The number of alkyl halides is 3. The summed E-state index contributed by atoms with van der Waals surface area (Å²) in [6, 6.07) is 7.55. The highest BCUT2D eigenvalue weighted by Crippen LogP contribution is 2.45. The molecule has 2 aliphatic rings. The number of para-hydroxylation sites is 1. The SMILES string of the molecule is CCC1CC[C@@H](CCOCc2c(-c3ccccc3OC(F)(F)F)noc2C2CC2)N1c1nc(C)cc(C(=O)O)n1. The van der Waals surface area contributed by atoms with E-state index < -0.39 is 12.3 Å². The Morgan fingerprint density at radius 3 is 2.60 bits per heavy atom. The summed E-state index contributed by atoms with van der Waals surface area (Å²) in [6.07, 6.45) is 0.327. The highest BCUT2D eigenvalue weighted by molar-refractivity contribution is 5.85. The van der Waals surface area contributed by atoms with E-state index >= 15 is 0 Å². The van der Waals surface area contributed by atoms with Crippen LogP contribution in [0.3, 0.4) is 0 Å². The van der Waals surface area contributed by atoms with Gasteiger partial charge in [-0.05, 0) is 63.6 Å². The standard InChI is InChI=1S/C28H31F3N4O5/c1-3-18-10-11-19(35(18)27-32-16(2)14-22(33-27)26(36)37)12-13-38-15-21-24(34-40-25(21)17-8-9-17)20-6-4-5-7-23(20)39-28(29,30)31/h4-7,14,17-19H,3,8-13,15H2,1-2H3,(H,36,37)/t18?,19-/m0/s1. The van der Waals surface area contributed by atoms with Crippen LogP contribution in [-0.4, -0.2) is 51.3 Å². The lowest BCUT2D eigenvalue weighted by Crippen LogP contribution is -2.38. The van der Waals surface area contributed by atoms with Crippen molar-refractivity contribution in [1.82, 2.24) is 15.1 Å². The Morgan fingerprint density at radius 2 is 1.90 bits per heavy atom. The minimum atomic E-state index is -4.84. The Labute approximate surface area is 229 Å². The predicted octanol–water partition coefficient (Wildman–Crippen LogP) is 6.27. The van der Waals surface area contributed by atoms with Crippen molar-refractivity contribution < 1.29 is 37.1 Å². The molecule has 2 atom stereocenters. The van der Waals surface area contributed by atoms with Crippen molar-refractivity contribution >= 4 is 11.9 Å². The molecule has 3 heterocycles. The largest absolute Gasteiger partial charge is 0.573 e. The van der Waals surface area contributed by atoms with Crippen LogP contribution >= 0.6 is 0 Å². The second-order valence-electron chi connectivity index (χ2n) is 10.2. The van der Waals surface area contributed by atoms with Crippen molar-refractivity contribution in [3.05, 3.63) is 53.0 Å². The molecular weight excluding hydrogens is 529 g/mol. The second kappa shape index (κ2) is 11.4. The summed E-state index contributed by atoms with van der Waals surface area (Å²) in [5.41, 5.74) is 1.64. The van der Waals surface area contributed by atoms with Gasteiger partial charge in [0.2, 0.25) is 5.95 Å². The van der Waals surface area contributed by atoms with E-state index in [1.807, 2.05) is 0 Å². The number of halogens is 3. The van der Waals surface area contributed by atoms with E-state index in [0.29, 0.717) is 36.0 Å². The minimum absolute atomic E-state index is 0.0402. The fourth-order valence-corrected chi connectivity index (χ4v) is 5.36. The number of carboxylic acids is 1. The van der Waals surface area contributed by atoms with Crippen LogP contribution in [0.25, 0.3) is 11.3 Å². The number of rotatable bonds is 11. The molecular formula is C28H31F3N4O5. The molecule has 0 bridgehead atoms. The molecule has 1 saturated carbocycles. The maximum atomic E-state index is 13.0. The molecule has 5 rings (SSSR count). The van der Waals surface area contributed by atoms with Crippen LogP contribution in [0.4, 0.5) is 19.1 Å². The van der Waals surface area contributed by atoms with Crippen LogP contribution in [0.15, 0.2) is 34.9 Å². The third kappa shape index (κ3) is 6.22. The minimum Gasteiger partial charge on any atom is -0.477 e. The first kappa shape index (κ1) is 27.9. The maximum absolute atomic E-state index is 13.0. The Bertz CT molecular complexity index is 1360. The van der Waals surface area contributed by atoms with Gasteiger partial charge < -0.3 is 24.0 Å². The number of anilines is 1. The number of ether oxygens (including phenoxy) is 2. The van der Waals surface area contributed by atoms with Gasteiger partial charge in [0.05, 0.1) is 6.61 Å². The van der Waals surface area contributed by atoms with Crippen molar-refractivity contribution in [3.8, 4) is 17.0 Å². The van der Waals surface area contributed by atoms with Gasteiger partial charge in [-0.3, -0.25) is 0 Å². The molecule has 3 aromatic rings. The van der Waals surface area contributed by atoms with E-state index in [9.17, 15) is 23.1 Å². The molecule has 1 aliphatic carbocycles. The molecule has 1 aliphatic heterocycles. The molecule has 1 N–H and O–H groups in total. The number of hydrogen-bond donors (Lipinski definition) is 1. The zero-order valence-corrected chi connectivity index (χ0v) is 22.3. The van der Waals surface area contributed by atoms with Gasteiger partial charge in [0.15, 0.2) is 5.69 Å². The van der Waals surface area contributed by atoms with Gasteiger partial charge in [0.25, 0.3) is 0 Å². The van der Waals surface area contributed by atoms with Crippen molar-refractivity contribution in [2.24, 2.45) is 0 Å². The molecule has 2 aromatic heterocycles. The van der Waals surface area contributed by atoms with E-state index in [1.165, 1.54) is 24.3 Å². The number of carbonyl (C=O) groups is 1. The molecule has 40 heavy (non-hydrogen) atoms. The molecule has 1 saturated heterocycles. The third-order valence-electron chi connectivity index (χ3n) is 7.36. The third-order valence-corrected chi connectivity index (χ3v) is 7.36. The van der Waals surface area contributed by atoms with Gasteiger partial charge in [0.1, 0.15) is 17.2 Å². The predicted molar refractivity (Wildman–Crippen MR) is 138 cm³/mol. The van der Waals surface area contributed by atoms with Crippen LogP contribution in [0.1, 0.15) is 78.9 Å². The molecule has 0 spiro atoms. The highest BCUT2D eigenvalue weighted by atomic mass is 19.4. The average molecular weight is 561 g/mol. The van der Waals surface area contributed by atoms with Crippen molar-refractivity contribution in [2.45, 2.75) is 83.3 Å². The lowest BCUT2D eigenvalue weighted by Gasteiger charge is -2.30. The topological polar surface area (TPSA) is 111 Å². The summed E-state index contributed by atoms with van der Waals surface area (Å²) >= 11 is 0. The number of nitrogens with zero attached hydrogens (tertiary/aromatic N) is 4. The van der Waals surface area contributed by atoms with E-state index in [1.54, 1.807) is 13.0 Å². The Hall–Kier alpha value is -3.67. The van der Waals surface area contributed by atoms with Crippen molar-refractivity contribution in [1.29, 1.82) is 0 Å². The summed E-state index contributed by atoms with van der Waals surface area (Å²) in [5.74, 6) is -0.228. The molecule has 0 radical (unpaired) electrons. The monoisotopic (exact) mass is 560 g/mol. The zero-order chi connectivity index (χ0) is 28.4. The summed E-state index contributed by atoms with van der Waals surface area (Å²) in [5, 5.41) is 13.6. The summed E-state index contributed by atoms with van der Waals surface area (Å²) in [7, 11) is 0. The summed E-state index contributed by atoms with van der Waals surface area (Å²) < 4.78 is 55.0. The van der Waals surface area contributed by atoms with Crippen molar-refractivity contribution in [3.63, 3.8) is 0 Å². The van der Waals surface area contributed by atoms with Crippen LogP contribution in [0.5, 0.6) is 5.75 Å². The molecule has 12 heteroatoms. The average Bonchev–Trinajstić information content (AvgIpc) is 3.53.